The van der Waals surface area contributed by atoms with Gasteiger partial charge < -0.3 is 16.0 Å². The highest BCUT2D eigenvalue weighted by Crippen LogP contribution is 2.30. The van der Waals surface area contributed by atoms with Crippen LogP contribution in [0.15, 0.2) is 54.6 Å². The maximum Gasteiger partial charge on any atom is 0.319 e. The van der Waals surface area contributed by atoms with E-state index in [1.54, 1.807) is 12.1 Å². The van der Waals surface area contributed by atoms with Gasteiger partial charge in [-0.1, -0.05) is 43.3 Å². The molecular formula is C20H23N3O2. The number of carbonyl (C=O) groups excluding carboxylic acids is 2. The van der Waals surface area contributed by atoms with Crippen LogP contribution in [0, 0.1) is 5.92 Å². The van der Waals surface area contributed by atoms with Gasteiger partial charge in [-0.15, -0.1) is 0 Å². The molecule has 3 N–H and O–H groups in total. The molecule has 3 rings (SSSR count). The number of amides is 3. The van der Waals surface area contributed by atoms with E-state index < -0.39 is 0 Å². The summed E-state index contributed by atoms with van der Waals surface area (Å²) in [5.41, 5.74) is 2.54. The molecule has 0 radical (unpaired) electrons. The van der Waals surface area contributed by atoms with E-state index in [-0.39, 0.29) is 23.8 Å². The topological polar surface area (TPSA) is 70.2 Å². The minimum Gasteiger partial charge on any atom is -0.337 e. The van der Waals surface area contributed by atoms with E-state index in [1.165, 1.54) is 5.56 Å². The van der Waals surface area contributed by atoms with Gasteiger partial charge in [0.25, 0.3) is 0 Å². The molecule has 1 atom stereocenters. The Balaban J connectivity index is 1.49. The molecule has 1 aliphatic rings. The number of rotatable bonds is 6. The van der Waals surface area contributed by atoms with Gasteiger partial charge in [0.1, 0.15) is 0 Å². The number of anilines is 2. The molecule has 130 valence electrons. The zero-order valence-corrected chi connectivity index (χ0v) is 14.3. The minimum atomic E-state index is -0.256. The van der Waals surface area contributed by atoms with Crippen LogP contribution in [0.1, 0.15) is 31.2 Å². The van der Waals surface area contributed by atoms with Crippen LogP contribution in [-0.2, 0) is 4.79 Å². The number of benzene rings is 2. The summed E-state index contributed by atoms with van der Waals surface area (Å²) in [6.07, 6.45) is 1.93. The molecular weight excluding hydrogens is 314 g/mol. The van der Waals surface area contributed by atoms with Crippen LogP contribution in [0.5, 0.6) is 0 Å². The third-order valence-corrected chi connectivity index (χ3v) is 4.27. The van der Waals surface area contributed by atoms with Crippen LogP contribution in [0.4, 0.5) is 16.2 Å². The van der Waals surface area contributed by atoms with Gasteiger partial charge in [-0.3, -0.25) is 4.79 Å². The van der Waals surface area contributed by atoms with Gasteiger partial charge in [0.15, 0.2) is 0 Å². The first-order valence-electron chi connectivity index (χ1n) is 8.62. The number of nitrogens with one attached hydrogen (secondary N) is 3. The third-order valence-electron chi connectivity index (χ3n) is 4.27. The average Bonchev–Trinajstić information content (AvgIpc) is 3.46. The van der Waals surface area contributed by atoms with E-state index in [1.807, 2.05) is 30.3 Å². The lowest BCUT2D eigenvalue weighted by Gasteiger charge is -2.14. The SMILES string of the molecule is C[C@@H](CNC(=O)Nc1cccc(NC(=O)C2CC2)c1)c1ccccc1. The smallest absolute Gasteiger partial charge is 0.319 e. The first-order valence-corrected chi connectivity index (χ1v) is 8.62. The summed E-state index contributed by atoms with van der Waals surface area (Å²) < 4.78 is 0. The summed E-state index contributed by atoms with van der Waals surface area (Å²) in [7, 11) is 0. The molecule has 0 bridgehead atoms. The molecule has 1 fully saturated rings. The number of urea groups is 1. The van der Waals surface area contributed by atoms with E-state index in [0.29, 0.717) is 17.9 Å². The lowest BCUT2D eigenvalue weighted by molar-refractivity contribution is -0.117. The predicted molar refractivity (Wildman–Crippen MR) is 99.7 cm³/mol. The van der Waals surface area contributed by atoms with Crippen LogP contribution in [0.2, 0.25) is 0 Å². The molecule has 0 saturated heterocycles. The van der Waals surface area contributed by atoms with Crippen LogP contribution in [-0.4, -0.2) is 18.5 Å². The maximum absolute atomic E-state index is 12.1. The second kappa shape index (κ2) is 7.83. The molecule has 0 unspecified atom stereocenters. The number of carbonyl (C=O) groups is 2. The van der Waals surface area contributed by atoms with Crippen molar-refractivity contribution in [2.75, 3.05) is 17.2 Å². The standard InChI is InChI=1S/C20H23N3O2/c1-14(15-6-3-2-4-7-15)13-21-20(25)23-18-9-5-8-17(12-18)22-19(24)16-10-11-16/h2-9,12,14,16H,10-11,13H2,1H3,(H,22,24)(H2,21,23,25)/t14-/m0/s1. The van der Waals surface area contributed by atoms with Crippen LogP contribution in [0.25, 0.3) is 0 Å². The average molecular weight is 337 g/mol. The molecule has 25 heavy (non-hydrogen) atoms. The molecule has 0 spiro atoms. The highest BCUT2D eigenvalue weighted by Gasteiger charge is 2.29. The first-order chi connectivity index (χ1) is 12.1. The Bertz CT molecular complexity index is 742. The van der Waals surface area contributed by atoms with Gasteiger partial charge in [-0.25, -0.2) is 4.79 Å². The summed E-state index contributed by atoms with van der Waals surface area (Å²) in [6, 6.07) is 17.0. The number of hydrogen-bond donors (Lipinski definition) is 3. The lowest BCUT2D eigenvalue weighted by Crippen LogP contribution is -2.31. The lowest BCUT2D eigenvalue weighted by atomic mass is 10.0. The van der Waals surface area contributed by atoms with Crippen molar-refractivity contribution in [2.45, 2.75) is 25.7 Å². The highest BCUT2D eigenvalue weighted by atomic mass is 16.2. The Morgan fingerprint density at radius 3 is 2.36 bits per heavy atom. The van der Waals surface area contributed by atoms with Crippen molar-refractivity contribution in [3.05, 3.63) is 60.2 Å². The van der Waals surface area contributed by atoms with E-state index in [4.69, 9.17) is 0 Å². The minimum absolute atomic E-state index is 0.0540. The quantitative estimate of drug-likeness (QED) is 0.747. The largest absolute Gasteiger partial charge is 0.337 e. The maximum atomic E-state index is 12.1. The fraction of sp³-hybridized carbons (Fsp3) is 0.300. The normalized spacial score (nSPS) is 14.4. The van der Waals surface area contributed by atoms with E-state index in [2.05, 4.69) is 35.0 Å². The van der Waals surface area contributed by atoms with Gasteiger partial charge in [0.2, 0.25) is 5.91 Å². The summed E-state index contributed by atoms with van der Waals surface area (Å²) in [4.78, 5) is 23.9. The van der Waals surface area contributed by atoms with E-state index in [9.17, 15) is 9.59 Å². The fourth-order valence-corrected chi connectivity index (χ4v) is 2.59. The molecule has 2 aromatic carbocycles. The van der Waals surface area contributed by atoms with Crippen molar-refractivity contribution in [2.24, 2.45) is 5.92 Å². The van der Waals surface area contributed by atoms with Crippen LogP contribution in [0.3, 0.4) is 0 Å². The molecule has 0 aromatic heterocycles. The Labute approximate surface area is 147 Å². The zero-order chi connectivity index (χ0) is 17.6. The van der Waals surface area contributed by atoms with Gasteiger partial charge >= 0.3 is 6.03 Å². The van der Waals surface area contributed by atoms with Gasteiger partial charge in [-0.05, 0) is 42.5 Å². The molecule has 1 aliphatic carbocycles. The fourth-order valence-electron chi connectivity index (χ4n) is 2.59. The third kappa shape index (κ3) is 5.08. The van der Waals surface area contributed by atoms with Crippen molar-refractivity contribution in [3.8, 4) is 0 Å². The molecule has 1 saturated carbocycles. The van der Waals surface area contributed by atoms with Crippen molar-refractivity contribution in [1.29, 1.82) is 0 Å². The first kappa shape index (κ1) is 17.0. The highest BCUT2D eigenvalue weighted by molar-refractivity contribution is 5.95. The Kier molecular flexibility index (Phi) is 5.33. The van der Waals surface area contributed by atoms with Crippen LogP contribution < -0.4 is 16.0 Å². The zero-order valence-electron chi connectivity index (χ0n) is 14.3. The summed E-state index contributed by atoms with van der Waals surface area (Å²) in [6.45, 7) is 2.62. The van der Waals surface area contributed by atoms with Crippen molar-refractivity contribution < 1.29 is 9.59 Å². The van der Waals surface area contributed by atoms with E-state index in [0.717, 1.165) is 12.8 Å². The van der Waals surface area contributed by atoms with Crippen molar-refractivity contribution in [1.82, 2.24) is 5.32 Å². The summed E-state index contributed by atoms with van der Waals surface area (Å²) >= 11 is 0. The molecule has 2 aromatic rings. The van der Waals surface area contributed by atoms with Gasteiger partial charge in [0.05, 0.1) is 0 Å². The van der Waals surface area contributed by atoms with Crippen LogP contribution >= 0.6 is 0 Å². The van der Waals surface area contributed by atoms with E-state index >= 15 is 0 Å². The predicted octanol–water partition coefficient (Wildman–Crippen LogP) is 3.96. The van der Waals surface area contributed by atoms with Crippen molar-refractivity contribution in [3.63, 3.8) is 0 Å². The molecule has 0 aliphatic heterocycles. The van der Waals surface area contributed by atoms with Gasteiger partial charge in [0, 0.05) is 23.8 Å². The summed E-state index contributed by atoms with van der Waals surface area (Å²) in [5.74, 6) is 0.439. The molecule has 3 amide bonds. The molecule has 0 heterocycles. The Morgan fingerprint density at radius 1 is 1.00 bits per heavy atom. The second-order valence-electron chi connectivity index (χ2n) is 6.49. The Hall–Kier alpha value is -2.82. The monoisotopic (exact) mass is 337 g/mol. The molecule has 5 nitrogen and oxygen atoms in total. The second-order valence-corrected chi connectivity index (χ2v) is 6.49. The van der Waals surface area contributed by atoms with Crippen molar-refractivity contribution >= 4 is 23.3 Å². The Morgan fingerprint density at radius 2 is 1.68 bits per heavy atom. The summed E-state index contributed by atoms with van der Waals surface area (Å²) in [5, 5.41) is 8.56. The van der Waals surface area contributed by atoms with Gasteiger partial charge in [-0.2, -0.15) is 0 Å². The molecule has 5 heteroatoms. The number of hydrogen-bond acceptors (Lipinski definition) is 2.